The van der Waals surface area contributed by atoms with Crippen molar-refractivity contribution >= 4 is 29.6 Å². The Labute approximate surface area is 140 Å². The van der Waals surface area contributed by atoms with Gasteiger partial charge >= 0.3 is 0 Å². The highest BCUT2D eigenvalue weighted by Gasteiger charge is 2.27. The molecule has 1 aliphatic heterocycles. The molecular weight excluding hydrogens is 304 g/mol. The number of rotatable bonds is 4. The Balaban J connectivity index is 1.78. The lowest BCUT2D eigenvalue weighted by molar-refractivity contribution is 0.367. The maximum atomic E-state index is 5.23. The first kappa shape index (κ1) is 15.2. The van der Waals surface area contributed by atoms with Crippen molar-refractivity contribution in [1.82, 2.24) is 5.01 Å². The first-order chi connectivity index (χ1) is 11.2. The molecule has 0 N–H and O–H groups in total. The van der Waals surface area contributed by atoms with Crippen LogP contribution in [-0.2, 0) is 0 Å². The fourth-order valence-electron chi connectivity index (χ4n) is 2.25. The zero-order valence-electron chi connectivity index (χ0n) is 12.7. The fraction of sp³-hybridized carbons (Fsp3) is 0.111. The van der Waals surface area contributed by atoms with Crippen LogP contribution < -0.4 is 0 Å². The summed E-state index contributed by atoms with van der Waals surface area (Å²) in [5.41, 5.74) is 3.17. The van der Waals surface area contributed by atoms with E-state index in [2.05, 4.69) is 33.5 Å². The van der Waals surface area contributed by atoms with Gasteiger partial charge in [-0.25, -0.2) is 5.01 Å². The van der Waals surface area contributed by atoms with Crippen LogP contribution in [0.5, 0.6) is 0 Å². The summed E-state index contributed by atoms with van der Waals surface area (Å²) in [6.07, 6.45) is 3.56. The SMILES string of the molecule is CC(C=NN1C(=S)N=NC1c1ccccc1)=Cc1ccccc1. The van der Waals surface area contributed by atoms with Gasteiger partial charge in [-0.05, 0) is 30.3 Å². The van der Waals surface area contributed by atoms with Crippen LogP contribution in [0.2, 0.25) is 0 Å². The van der Waals surface area contributed by atoms with Gasteiger partial charge in [0, 0.05) is 5.56 Å². The van der Waals surface area contributed by atoms with Crippen molar-refractivity contribution in [2.45, 2.75) is 13.1 Å². The van der Waals surface area contributed by atoms with E-state index in [0.717, 1.165) is 16.7 Å². The number of benzene rings is 2. The Morgan fingerprint density at radius 3 is 2.43 bits per heavy atom. The smallest absolute Gasteiger partial charge is 0.206 e. The third-order valence-corrected chi connectivity index (χ3v) is 3.63. The van der Waals surface area contributed by atoms with Crippen LogP contribution in [0.25, 0.3) is 6.08 Å². The highest BCUT2D eigenvalue weighted by molar-refractivity contribution is 7.80. The summed E-state index contributed by atoms with van der Waals surface area (Å²) in [5, 5.41) is 14.7. The lowest BCUT2D eigenvalue weighted by atomic mass is 10.1. The van der Waals surface area contributed by atoms with Crippen molar-refractivity contribution in [3.05, 3.63) is 77.4 Å². The minimum atomic E-state index is -0.288. The third kappa shape index (κ3) is 3.76. The van der Waals surface area contributed by atoms with Crippen LogP contribution in [0, 0.1) is 0 Å². The molecule has 23 heavy (non-hydrogen) atoms. The summed E-state index contributed by atoms with van der Waals surface area (Å²) >= 11 is 5.23. The van der Waals surface area contributed by atoms with Crippen LogP contribution in [0.4, 0.5) is 0 Å². The first-order valence-corrected chi connectivity index (χ1v) is 7.71. The lowest BCUT2D eigenvalue weighted by Gasteiger charge is -2.17. The molecule has 114 valence electrons. The highest BCUT2D eigenvalue weighted by atomic mass is 32.1. The molecule has 2 aromatic rings. The summed E-state index contributed by atoms with van der Waals surface area (Å²) in [7, 11) is 0. The predicted molar refractivity (Wildman–Crippen MR) is 97.1 cm³/mol. The van der Waals surface area contributed by atoms with Crippen molar-refractivity contribution in [3.8, 4) is 0 Å². The van der Waals surface area contributed by atoms with Gasteiger partial charge in [-0.15, -0.1) is 5.11 Å². The van der Waals surface area contributed by atoms with Crippen molar-refractivity contribution in [2.24, 2.45) is 15.3 Å². The van der Waals surface area contributed by atoms with Gasteiger partial charge in [0.2, 0.25) is 5.11 Å². The molecular formula is C18H16N4S. The van der Waals surface area contributed by atoms with Crippen LogP contribution in [0.3, 0.4) is 0 Å². The molecule has 3 rings (SSSR count). The van der Waals surface area contributed by atoms with Crippen LogP contribution in [0.15, 0.2) is 81.6 Å². The summed E-state index contributed by atoms with van der Waals surface area (Å²) in [6.45, 7) is 2.00. The van der Waals surface area contributed by atoms with Gasteiger partial charge in [-0.1, -0.05) is 66.7 Å². The van der Waals surface area contributed by atoms with Crippen LogP contribution >= 0.6 is 12.2 Å². The second-order valence-corrected chi connectivity index (χ2v) is 5.54. The van der Waals surface area contributed by atoms with Crippen molar-refractivity contribution in [3.63, 3.8) is 0 Å². The Hall–Kier alpha value is -2.66. The zero-order chi connectivity index (χ0) is 16.1. The van der Waals surface area contributed by atoms with Crippen LogP contribution in [0.1, 0.15) is 24.2 Å². The predicted octanol–water partition coefficient (Wildman–Crippen LogP) is 4.83. The lowest BCUT2D eigenvalue weighted by Crippen LogP contribution is -2.21. The Kier molecular flexibility index (Phi) is 4.68. The molecule has 4 nitrogen and oxygen atoms in total. The molecule has 5 heteroatoms. The first-order valence-electron chi connectivity index (χ1n) is 7.30. The van der Waals surface area contributed by atoms with E-state index >= 15 is 0 Å². The van der Waals surface area contributed by atoms with Crippen molar-refractivity contribution < 1.29 is 0 Å². The molecule has 0 amide bonds. The summed E-state index contributed by atoms with van der Waals surface area (Å²) in [5.74, 6) is 0. The quantitative estimate of drug-likeness (QED) is 0.598. The number of allylic oxidation sites excluding steroid dienone is 1. The monoisotopic (exact) mass is 320 g/mol. The maximum absolute atomic E-state index is 5.23. The van der Waals surface area contributed by atoms with Crippen molar-refractivity contribution in [1.29, 1.82) is 0 Å². The van der Waals surface area contributed by atoms with E-state index in [1.165, 1.54) is 0 Å². The highest BCUT2D eigenvalue weighted by Crippen LogP contribution is 2.28. The number of nitrogens with zero attached hydrogens (tertiary/aromatic N) is 4. The minimum absolute atomic E-state index is 0.288. The molecule has 0 saturated heterocycles. The van der Waals surface area contributed by atoms with Gasteiger partial charge in [0.15, 0.2) is 6.17 Å². The molecule has 0 aromatic heterocycles. The van der Waals surface area contributed by atoms with Gasteiger partial charge in [0.1, 0.15) is 0 Å². The van der Waals surface area contributed by atoms with Gasteiger partial charge in [0.25, 0.3) is 0 Å². The third-order valence-electron chi connectivity index (χ3n) is 3.36. The van der Waals surface area contributed by atoms with E-state index in [-0.39, 0.29) is 6.17 Å². The zero-order valence-corrected chi connectivity index (χ0v) is 13.5. The second-order valence-electron chi connectivity index (χ2n) is 5.17. The molecule has 1 atom stereocenters. The summed E-state index contributed by atoms with van der Waals surface area (Å²) in [6, 6.07) is 20.0. The van der Waals surface area contributed by atoms with E-state index in [1.807, 2.05) is 55.5 Å². The number of thiocarbonyl (C=S) groups is 1. The molecule has 0 bridgehead atoms. The van der Waals surface area contributed by atoms with E-state index in [4.69, 9.17) is 12.2 Å². The number of hydrogen-bond donors (Lipinski definition) is 0. The second kappa shape index (κ2) is 7.07. The molecule has 1 unspecified atom stereocenters. The largest absolute Gasteiger partial charge is 0.238 e. The fourth-order valence-corrected chi connectivity index (χ4v) is 2.45. The molecule has 0 aliphatic carbocycles. The Morgan fingerprint density at radius 1 is 1.09 bits per heavy atom. The number of hydrogen-bond acceptors (Lipinski definition) is 3. The standard InChI is InChI=1S/C18H16N4S/c1-14(12-15-8-4-2-5-9-15)13-19-22-17(20-21-18(22)23)16-10-6-3-7-11-16/h2-13,17H,1H3. The number of hydrazone groups is 1. The topological polar surface area (TPSA) is 40.3 Å². The Bertz CT molecular complexity index is 766. The van der Waals surface area contributed by atoms with E-state index < -0.39 is 0 Å². The van der Waals surface area contributed by atoms with Gasteiger partial charge in [-0.2, -0.15) is 10.2 Å². The van der Waals surface area contributed by atoms with E-state index in [1.54, 1.807) is 11.2 Å². The molecule has 0 radical (unpaired) electrons. The maximum Gasteiger partial charge on any atom is 0.238 e. The molecule has 1 heterocycles. The van der Waals surface area contributed by atoms with Gasteiger partial charge in [-0.3, -0.25) is 0 Å². The van der Waals surface area contributed by atoms with Crippen LogP contribution in [-0.4, -0.2) is 16.3 Å². The minimum Gasteiger partial charge on any atom is -0.206 e. The normalized spacial score (nSPS) is 18.1. The van der Waals surface area contributed by atoms with E-state index in [0.29, 0.717) is 5.11 Å². The molecule has 2 aromatic carbocycles. The average molecular weight is 320 g/mol. The average Bonchev–Trinajstić information content (AvgIpc) is 2.95. The summed E-state index contributed by atoms with van der Waals surface area (Å²) in [4.78, 5) is 0. The summed E-state index contributed by atoms with van der Waals surface area (Å²) < 4.78 is 0. The van der Waals surface area contributed by atoms with E-state index in [9.17, 15) is 0 Å². The number of azo groups is 1. The Morgan fingerprint density at radius 2 is 1.74 bits per heavy atom. The van der Waals surface area contributed by atoms with Gasteiger partial charge in [0.05, 0.1) is 6.21 Å². The van der Waals surface area contributed by atoms with Gasteiger partial charge < -0.3 is 0 Å². The molecule has 1 aliphatic rings. The molecule has 0 fully saturated rings. The van der Waals surface area contributed by atoms with Crippen molar-refractivity contribution in [2.75, 3.05) is 0 Å². The molecule has 0 saturated carbocycles. The molecule has 0 spiro atoms.